The van der Waals surface area contributed by atoms with Gasteiger partial charge < -0.3 is 10.0 Å². The van der Waals surface area contributed by atoms with Crippen LogP contribution in [0.5, 0.6) is 0 Å². The van der Waals surface area contributed by atoms with Crippen molar-refractivity contribution in [3.63, 3.8) is 0 Å². The smallest absolute Gasteiger partial charge is 0.309 e. The lowest BCUT2D eigenvalue weighted by Gasteiger charge is -2.31. The van der Waals surface area contributed by atoms with Gasteiger partial charge in [-0.1, -0.05) is 18.7 Å². The van der Waals surface area contributed by atoms with Crippen LogP contribution in [-0.4, -0.2) is 40.4 Å². The standard InChI is InChI=1S/C13H19N3O2S/c1-9-3-5-16(6-4-9)11-7-10(8-12(17)18)14-13(15-11)19-2/h7,9H,3-6,8H2,1-2H3,(H,17,18). The van der Waals surface area contributed by atoms with Crippen LogP contribution < -0.4 is 4.90 Å². The molecular formula is C13H19N3O2S. The third kappa shape index (κ3) is 3.83. The number of rotatable bonds is 4. The van der Waals surface area contributed by atoms with Crippen molar-refractivity contribution >= 4 is 23.5 Å². The summed E-state index contributed by atoms with van der Waals surface area (Å²) < 4.78 is 0. The van der Waals surface area contributed by atoms with E-state index in [1.165, 1.54) is 11.8 Å². The lowest BCUT2D eigenvalue weighted by molar-refractivity contribution is -0.136. The van der Waals surface area contributed by atoms with Crippen LogP contribution >= 0.6 is 11.8 Å². The molecule has 19 heavy (non-hydrogen) atoms. The molecule has 1 aromatic rings. The maximum Gasteiger partial charge on any atom is 0.309 e. The Morgan fingerprint density at radius 3 is 2.74 bits per heavy atom. The monoisotopic (exact) mass is 281 g/mol. The molecule has 0 radical (unpaired) electrons. The van der Waals surface area contributed by atoms with Gasteiger partial charge in [-0.2, -0.15) is 0 Å². The van der Waals surface area contributed by atoms with Crippen LogP contribution in [0.2, 0.25) is 0 Å². The number of carboxylic acids is 1. The second-order valence-corrected chi connectivity index (χ2v) is 5.72. The summed E-state index contributed by atoms with van der Waals surface area (Å²) in [5.74, 6) is 0.767. The maximum atomic E-state index is 10.8. The van der Waals surface area contributed by atoms with Gasteiger partial charge in [-0.25, -0.2) is 9.97 Å². The van der Waals surface area contributed by atoms with Crippen LogP contribution in [0.3, 0.4) is 0 Å². The molecule has 0 atom stereocenters. The first-order valence-electron chi connectivity index (χ1n) is 6.47. The van der Waals surface area contributed by atoms with Crippen molar-refractivity contribution in [3.05, 3.63) is 11.8 Å². The van der Waals surface area contributed by atoms with E-state index in [-0.39, 0.29) is 6.42 Å². The van der Waals surface area contributed by atoms with Gasteiger partial charge in [0, 0.05) is 19.2 Å². The number of aromatic nitrogens is 2. The summed E-state index contributed by atoms with van der Waals surface area (Å²) in [7, 11) is 0. The number of thioether (sulfide) groups is 1. The van der Waals surface area contributed by atoms with E-state index in [4.69, 9.17) is 5.11 Å². The largest absolute Gasteiger partial charge is 0.481 e. The van der Waals surface area contributed by atoms with Gasteiger partial charge in [0.2, 0.25) is 0 Å². The highest BCUT2D eigenvalue weighted by molar-refractivity contribution is 7.98. The lowest BCUT2D eigenvalue weighted by atomic mass is 9.99. The van der Waals surface area contributed by atoms with Crippen molar-refractivity contribution < 1.29 is 9.90 Å². The number of hydrogen-bond donors (Lipinski definition) is 1. The van der Waals surface area contributed by atoms with Crippen LogP contribution in [0.1, 0.15) is 25.5 Å². The van der Waals surface area contributed by atoms with Gasteiger partial charge in [0.05, 0.1) is 12.1 Å². The van der Waals surface area contributed by atoms with Gasteiger partial charge in [0.15, 0.2) is 5.16 Å². The highest BCUT2D eigenvalue weighted by atomic mass is 32.2. The van der Waals surface area contributed by atoms with E-state index in [9.17, 15) is 4.79 Å². The maximum absolute atomic E-state index is 10.8. The van der Waals surface area contributed by atoms with Crippen LogP contribution in [0, 0.1) is 5.92 Å². The summed E-state index contributed by atoms with van der Waals surface area (Å²) in [6, 6.07) is 1.81. The molecular weight excluding hydrogens is 262 g/mol. The molecule has 1 saturated heterocycles. The van der Waals surface area contributed by atoms with Gasteiger partial charge in [-0.3, -0.25) is 4.79 Å². The molecule has 1 aromatic heterocycles. The number of hydrogen-bond acceptors (Lipinski definition) is 5. The Hall–Kier alpha value is -1.30. The van der Waals surface area contributed by atoms with E-state index in [0.717, 1.165) is 37.7 Å². The number of nitrogens with zero attached hydrogens (tertiary/aromatic N) is 3. The molecule has 0 saturated carbocycles. The molecule has 0 aliphatic carbocycles. The van der Waals surface area contributed by atoms with Crippen molar-refractivity contribution in [3.8, 4) is 0 Å². The van der Waals surface area contributed by atoms with E-state index in [0.29, 0.717) is 10.9 Å². The molecule has 1 N–H and O–H groups in total. The molecule has 0 bridgehead atoms. The fourth-order valence-electron chi connectivity index (χ4n) is 2.20. The second-order valence-electron chi connectivity index (χ2n) is 4.94. The minimum Gasteiger partial charge on any atom is -0.481 e. The number of aliphatic carboxylic acids is 1. The first kappa shape index (κ1) is 14.1. The zero-order valence-corrected chi connectivity index (χ0v) is 12.1. The summed E-state index contributed by atoms with van der Waals surface area (Å²) >= 11 is 1.45. The molecule has 0 unspecified atom stereocenters. The van der Waals surface area contributed by atoms with Gasteiger partial charge >= 0.3 is 5.97 Å². The lowest BCUT2D eigenvalue weighted by Crippen LogP contribution is -2.33. The van der Waals surface area contributed by atoms with Crippen molar-refractivity contribution in [2.24, 2.45) is 5.92 Å². The summed E-state index contributed by atoms with van der Waals surface area (Å²) in [6.45, 7) is 4.23. The molecule has 0 spiro atoms. The first-order valence-corrected chi connectivity index (χ1v) is 7.69. The molecule has 6 heteroatoms. The van der Waals surface area contributed by atoms with Crippen LogP contribution in [0.4, 0.5) is 5.82 Å². The number of carboxylic acid groups (broad SMARTS) is 1. The predicted molar refractivity (Wildman–Crippen MR) is 75.8 cm³/mol. The molecule has 1 aliphatic heterocycles. The van der Waals surface area contributed by atoms with Crippen molar-refractivity contribution in [2.45, 2.75) is 31.3 Å². The molecule has 0 amide bonds. The minimum absolute atomic E-state index is 0.0483. The van der Waals surface area contributed by atoms with Crippen molar-refractivity contribution in [2.75, 3.05) is 24.2 Å². The Kier molecular flexibility index (Phi) is 4.63. The van der Waals surface area contributed by atoms with Crippen molar-refractivity contribution in [1.82, 2.24) is 9.97 Å². The summed E-state index contributed by atoms with van der Waals surface area (Å²) in [6.07, 6.45) is 4.18. The molecule has 104 valence electrons. The van der Waals surface area contributed by atoms with Gasteiger partial charge in [0.1, 0.15) is 5.82 Å². The molecule has 0 aromatic carbocycles. The van der Waals surface area contributed by atoms with Crippen LogP contribution in [0.15, 0.2) is 11.2 Å². The Morgan fingerprint density at radius 2 is 2.16 bits per heavy atom. The Bertz CT molecular complexity index is 459. The number of piperidine rings is 1. The highest BCUT2D eigenvalue weighted by Gasteiger charge is 2.18. The summed E-state index contributed by atoms with van der Waals surface area (Å²) in [5.41, 5.74) is 0.584. The number of anilines is 1. The predicted octanol–water partition coefficient (Wildman–Crippen LogP) is 2.06. The zero-order valence-electron chi connectivity index (χ0n) is 11.3. The Morgan fingerprint density at radius 1 is 1.47 bits per heavy atom. The fraction of sp³-hybridized carbons (Fsp3) is 0.615. The van der Waals surface area contributed by atoms with Gasteiger partial charge in [-0.05, 0) is 25.0 Å². The number of carbonyl (C=O) groups is 1. The summed E-state index contributed by atoms with van der Waals surface area (Å²) in [5, 5.41) is 9.53. The first-order chi connectivity index (χ1) is 9.08. The minimum atomic E-state index is -0.857. The molecule has 2 heterocycles. The molecule has 5 nitrogen and oxygen atoms in total. The fourth-order valence-corrected chi connectivity index (χ4v) is 2.59. The average molecular weight is 281 g/mol. The second kappa shape index (κ2) is 6.23. The molecule has 1 fully saturated rings. The van der Waals surface area contributed by atoms with Gasteiger partial charge in [-0.15, -0.1) is 0 Å². The van der Waals surface area contributed by atoms with E-state index in [2.05, 4.69) is 21.8 Å². The third-order valence-corrected chi connectivity index (χ3v) is 3.92. The van der Waals surface area contributed by atoms with Crippen molar-refractivity contribution in [1.29, 1.82) is 0 Å². The normalized spacial score (nSPS) is 16.6. The van der Waals surface area contributed by atoms with E-state index < -0.39 is 5.97 Å². The molecule has 2 rings (SSSR count). The third-order valence-electron chi connectivity index (χ3n) is 3.37. The van der Waals surface area contributed by atoms with E-state index >= 15 is 0 Å². The Balaban J connectivity index is 2.21. The quantitative estimate of drug-likeness (QED) is 0.673. The van der Waals surface area contributed by atoms with Crippen LogP contribution in [-0.2, 0) is 11.2 Å². The average Bonchev–Trinajstić information content (AvgIpc) is 2.38. The molecule has 1 aliphatic rings. The topological polar surface area (TPSA) is 66.3 Å². The highest BCUT2D eigenvalue weighted by Crippen LogP contribution is 2.23. The zero-order chi connectivity index (χ0) is 13.8. The SMILES string of the molecule is CSc1nc(CC(=O)O)cc(N2CCC(C)CC2)n1. The van der Waals surface area contributed by atoms with Gasteiger partial charge in [0.25, 0.3) is 0 Å². The van der Waals surface area contributed by atoms with E-state index in [1.54, 1.807) is 0 Å². The Labute approximate surface area is 117 Å². The van der Waals surface area contributed by atoms with Crippen LogP contribution in [0.25, 0.3) is 0 Å². The summed E-state index contributed by atoms with van der Waals surface area (Å²) in [4.78, 5) is 21.8. The van der Waals surface area contributed by atoms with E-state index in [1.807, 2.05) is 12.3 Å².